The van der Waals surface area contributed by atoms with Gasteiger partial charge in [-0.25, -0.2) is 4.68 Å². The number of aromatic nitrogens is 2. The molecule has 5 rings (SSSR count). The summed E-state index contributed by atoms with van der Waals surface area (Å²) >= 11 is 6.18. The molecular weight excluding hydrogens is 456 g/mol. The first-order valence-corrected chi connectivity index (χ1v) is 11.4. The number of carbonyl (C=O) groups is 2. The fourth-order valence-electron chi connectivity index (χ4n) is 4.14. The fourth-order valence-corrected chi connectivity index (χ4v) is 4.32. The van der Waals surface area contributed by atoms with Gasteiger partial charge >= 0.3 is 0 Å². The maximum atomic E-state index is 13.3. The lowest BCUT2D eigenvalue weighted by Crippen LogP contribution is -2.46. The minimum Gasteiger partial charge on any atom is -0.463 e. The van der Waals surface area contributed by atoms with Crippen LogP contribution in [0.5, 0.6) is 0 Å². The molecule has 9 heteroatoms. The maximum Gasteiger partial charge on any atom is 0.287 e. The number of hydrogen-bond donors (Lipinski definition) is 1. The second-order valence-corrected chi connectivity index (χ2v) is 8.69. The second kappa shape index (κ2) is 9.23. The highest BCUT2D eigenvalue weighted by molar-refractivity contribution is 6.30. The molecule has 1 aliphatic heterocycles. The van der Waals surface area contributed by atoms with Crippen LogP contribution in [0.25, 0.3) is 17.1 Å². The van der Waals surface area contributed by atoms with E-state index in [1.807, 2.05) is 25.1 Å². The summed E-state index contributed by atoms with van der Waals surface area (Å²) < 4.78 is 12.5. The van der Waals surface area contributed by atoms with E-state index in [-0.39, 0.29) is 17.9 Å². The van der Waals surface area contributed by atoms with Gasteiger partial charge in [0.2, 0.25) is 0 Å². The van der Waals surface area contributed by atoms with Gasteiger partial charge in [0.15, 0.2) is 17.2 Å². The van der Waals surface area contributed by atoms with Gasteiger partial charge in [0.1, 0.15) is 5.69 Å². The molecule has 1 aliphatic rings. The molecule has 174 valence electrons. The molecule has 0 atom stereocenters. The molecule has 1 N–H and O–H groups in total. The number of likely N-dealkylation sites (tertiary alicyclic amines) is 1. The molecule has 1 aromatic carbocycles. The number of amides is 2. The Kier molecular flexibility index (Phi) is 5.98. The highest BCUT2D eigenvalue weighted by Crippen LogP contribution is 2.27. The number of nitrogens with one attached hydrogen (secondary N) is 1. The van der Waals surface area contributed by atoms with Gasteiger partial charge in [0.25, 0.3) is 11.8 Å². The van der Waals surface area contributed by atoms with Crippen molar-refractivity contribution < 1.29 is 18.4 Å². The summed E-state index contributed by atoms with van der Waals surface area (Å²) in [5.74, 6) is 0.535. The Morgan fingerprint density at radius 1 is 1.06 bits per heavy atom. The largest absolute Gasteiger partial charge is 0.463 e. The van der Waals surface area contributed by atoms with E-state index < -0.39 is 0 Å². The van der Waals surface area contributed by atoms with Crippen LogP contribution in [0.15, 0.2) is 69.9 Å². The quantitative estimate of drug-likeness (QED) is 0.448. The standard InChI is InChI=1S/C25H23ClN4O4/c1-16-9-13-34-23(16)24(31)27-18-7-10-29(11-8-18)25(32)20-15-21(22-6-3-12-33-22)30(28-20)19-5-2-4-17(26)14-19/h2-6,9,12-15,18H,7-8,10-11H2,1H3,(H,27,31). The lowest BCUT2D eigenvalue weighted by molar-refractivity contribution is 0.0689. The van der Waals surface area contributed by atoms with E-state index in [1.54, 1.807) is 46.2 Å². The molecule has 0 unspecified atom stereocenters. The Hall–Kier alpha value is -3.78. The van der Waals surface area contributed by atoms with E-state index in [0.29, 0.717) is 53.9 Å². The summed E-state index contributed by atoms with van der Waals surface area (Å²) in [5.41, 5.74) is 2.51. The highest BCUT2D eigenvalue weighted by Gasteiger charge is 2.28. The van der Waals surface area contributed by atoms with Crippen molar-refractivity contribution in [3.63, 3.8) is 0 Å². The Morgan fingerprint density at radius 3 is 2.56 bits per heavy atom. The molecule has 0 spiro atoms. The van der Waals surface area contributed by atoms with Crippen molar-refractivity contribution in [3.8, 4) is 17.1 Å². The zero-order chi connectivity index (χ0) is 23.7. The zero-order valence-electron chi connectivity index (χ0n) is 18.5. The predicted octanol–water partition coefficient (Wildman–Crippen LogP) is 4.72. The van der Waals surface area contributed by atoms with Crippen molar-refractivity contribution in [2.24, 2.45) is 0 Å². The van der Waals surface area contributed by atoms with Crippen LogP contribution in [-0.2, 0) is 0 Å². The smallest absolute Gasteiger partial charge is 0.287 e. The lowest BCUT2D eigenvalue weighted by atomic mass is 10.0. The van der Waals surface area contributed by atoms with Gasteiger partial charge in [-0.05, 0) is 56.2 Å². The first kappa shape index (κ1) is 22.0. The van der Waals surface area contributed by atoms with E-state index in [2.05, 4.69) is 10.4 Å². The molecule has 1 saturated heterocycles. The number of aryl methyl sites for hydroxylation is 1. The van der Waals surface area contributed by atoms with Gasteiger partial charge in [-0.2, -0.15) is 5.10 Å². The topological polar surface area (TPSA) is 93.5 Å². The van der Waals surface area contributed by atoms with Gasteiger partial charge in [0.05, 0.1) is 18.2 Å². The maximum absolute atomic E-state index is 13.3. The molecule has 4 aromatic rings. The Bertz CT molecular complexity index is 1320. The van der Waals surface area contributed by atoms with E-state index in [0.717, 1.165) is 11.3 Å². The van der Waals surface area contributed by atoms with Crippen LogP contribution < -0.4 is 5.32 Å². The summed E-state index contributed by atoms with van der Waals surface area (Å²) in [6, 6.07) is 14.3. The van der Waals surface area contributed by atoms with E-state index in [4.69, 9.17) is 20.4 Å². The number of benzene rings is 1. The highest BCUT2D eigenvalue weighted by atomic mass is 35.5. The molecule has 0 aliphatic carbocycles. The lowest BCUT2D eigenvalue weighted by Gasteiger charge is -2.31. The minimum absolute atomic E-state index is 0.0243. The number of rotatable bonds is 5. The zero-order valence-corrected chi connectivity index (χ0v) is 19.3. The first-order chi connectivity index (χ1) is 16.5. The fraction of sp³-hybridized carbons (Fsp3) is 0.240. The van der Waals surface area contributed by atoms with Crippen molar-refractivity contribution in [2.45, 2.75) is 25.8 Å². The van der Waals surface area contributed by atoms with E-state index >= 15 is 0 Å². The third-order valence-corrected chi connectivity index (χ3v) is 6.18. The number of hydrogen-bond acceptors (Lipinski definition) is 5. The summed E-state index contributed by atoms with van der Waals surface area (Å²) in [4.78, 5) is 27.5. The summed E-state index contributed by atoms with van der Waals surface area (Å²) in [7, 11) is 0. The molecule has 2 amide bonds. The van der Waals surface area contributed by atoms with Crippen LogP contribution in [0.1, 0.15) is 39.4 Å². The molecule has 4 heterocycles. The molecule has 0 saturated carbocycles. The van der Waals surface area contributed by atoms with Crippen LogP contribution in [0.4, 0.5) is 0 Å². The Balaban J connectivity index is 1.31. The van der Waals surface area contributed by atoms with Crippen LogP contribution in [0.2, 0.25) is 5.02 Å². The molecule has 1 fully saturated rings. The molecule has 8 nitrogen and oxygen atoms in total. The van der Waals surface area contributed by atoms with Gasteiger partial charge in [-0.1, -0.05) is 17.7 Å². The minimum atomic E-state index is -0.226. The molecule has 0 radical (unpaired) electrons. The number of halogens is 1. The van der Waals surface area contributed by atoms with Gasteiger partial charge < -0.3 is 19.1 Å². The average molecular weight is 479 g/mol. The predicted molar refractivity (Wildman–Crippen MR) is 126 cm³/mol. The monoisotopic (exact) mass is 478 g/mol. The third kappa shape index (κ3) is 4.36. The molecule has 3 aromatic heterocycles. The second-order valence-electron chi connectivity index (χ2n) is 8.26. The number of furan rings is 2. The molecular formula is C25H23ClN4O4. The van der Waals surface area contributed by atoms with Crippen molar-refractivity contribution >= 4 is 23.4 Å². The van der Waals surface area contributed by atoms with Crippen molar-refractivity contribution in [3.05, 3.63) is 83.1 Å². The number of piperidine rings is 1. The molecule has 34 heavy (non-hydrogen) atoms. The Labute approximate surface area is 201 Å². The number of carbonyl (C=O) groups excluding carboxylic acids is 2. The van der Waals surface area contributed by atoms with Crippen molar-refractivity contribution in [1.29, 1.82) is 0 Å². The van der Waals surface area contributed by atoms with Gasteiger partial charge in [0, 0.05) is 35.8 Å². The van der Waals surface area contributed by atoms with Gasteiger partial charge in [-0.3, -0.25) is 9.59 Å². The van der Waals surface area contributed by atoms with Crippen LogP contribution >= 0.6 is 11.6 Å². The first-order valence-electron chi connectivity index (χ1n) is 11.0. The summed E-state index contributed by atoms with van der Waals surface area (Å²) in [6.45, 7) is 2.86. The van der Waals surface area contributed by atoms with Crippen LogP contribution in [0.3, 0.4) is 0 Å². The SMILES string of the molecule is Cc1ccoc1C(=O)NC1CCN(C(=O)c2cc(-c3ccco3)n(-c3cccc(Cl)c3)n2)CC1. The molecule has 0 bridgehead atoms. The van der Waals surface area contributed by atoms with Crippen molar-refractivity contribution in [1.82, 2.24) is 20.0 Å². The summed E-state index contributed by atoms with van der Waals surface area (Å²) in [6.07, 6.45) is 4.38. The average Bonchev–Trinajstić information content (AvgIpc) is 3.59. The normalized spacial score (nSPS) is 14.4. The van der Waals surface area contributed by atoms with Crippen molar-refractivity contribution in [2.75, 3.05) is 13.1 Å². The summed E-state index contributed by atoms with van der Waals surface area (Å²) in [5, 5.41) is 8.16. The Morgan fingerprint density at radius 2 is 1.88 bits per heavy atom. The number of nitrogens with zero attached hydrogens (tertiary/aromatic N) is 3. The van der Waals surface area contributed by atoms with E-state index in [9.17, 15) is 9.59 Å². The van der Waals surface area contributed by atoms with Crippen LogP contribution in [0, 0.1) is 6.92 Å². The van der Waals surface area contributed by atoms with Crippen LogP contribution in [-0.4, -0.2) is 45.6 Å². The van der Waals surface area contributed by atoms with Gasteiger partial charge in [-0.15, -0.1) is 0 Å². The third-order valence-electron chi connectivity index (χ3n) is 5.94. The van der Waals surface area contributed by atoms with E-state index in [1.165, 1.54) is 6.26 Å².